The molecule has 0 fully saturated rings. The highest BCUT2D eigenvalue weighted by atomic mass is 19.1. The Labute approximate surface area is 139 Å². The zero-order chi connectivity index (χ0) is 18.2. The third kappa shape index (κ3) is 3.11. The normalized spacial score (nSPS) is 20.3. The van der Waals surface area contributed by atoms with E-state index in [0.717, 1.165) is 6.07 Å². The van der Waals surface area contributed by atoms with Crippen LogP contribution in [-0.2, 0) is 4.79 Å². The second kappa shape index (κ2) is 6.22. The summed E-state index contributed by atoms with van der Waals surface area (Å²) in [7, 11) is 0. The molecule has 130 valence electrons. The Bertz CT molecular complexity index is 728. The van der Waals surface area contributed by atoms with Crippen LogP contribution in [0.5, 0.6) is 5.75 Å². The number of hydrogen-bond acceptors (Lipinski definition) is 4. The number of amidine groups is 1. The molecule has 0 aliphatic carbocycles. The lowest BCUT2D eigenvalue weighted by molar-refractivity contribution is -0.124. The van der Waals surface area contributed by atoms with Crippen molar-refractivity contribution >= 4 is 17.7 Å². The van der Waals surface area contributed by atoms with Crippen molar-refractivity contribution in [2.45, 2.75) is 46.3 Å². The Kier molecular flexibility index (Phi) is 4.64. The summed E-state index contributed by atoms with van der Waals surface area (Å²) >= 11 is 0. The fourth-order valence-corrected chi connectivity index (χ4v) is 2.39. The molecule has 0 radical (unpaired) electrons. The first-order chi connectivity index (χ1) is 11.1. The van der Waals surface area contributed by atoms with E-state index < -0.39 is 17.3 Å². The quantitative estimate of drug-likeness (QED) is 0.865. The van der Waals surface area contributed by atoms with Crippen LogP contribution in [0.1, 0.15) is 50.5 Å². The number of halogens is 1. The van der Waals surface area contributed by atoms with E-state index in [1.807, 2.05) is 13.8 Å². The molecular formula is C17H21FN2O4. The molecule has 1 atom stereocenters. The molecule has 24 heavy (non-hydrogen) atoms. The number of carbonyl (C=O) groups is 2. The fourth-order valence-electron chi connectivity index (χ4n) is 2.39. The van der Waals surface area contributed by atoms with Crippen LogP contribution in [-0.4, -0.2) is 34.5 Å². The first kappa shape index (κ1) is 17.9. The van der Waals surface area contributed by atoms with Gasteiger partial charge in [-0.2, -0.15) is 0 Å². The van der Waals surface area contributed by atoms with Crippen LogP contribution < -0.4 is 10.1 Å². The predicted octanol–water partition coefficient (Wildman–Crippen LogP) is 2.60. The summed E-state index contributed by atoms with van der Waals surface area (Å²) in [4.78, 5) is 28.0. The lowest BCUT2D eigenvalue weighted by Crippen LogP contribution is -2.41. The van der Waals surface area contributed by atoms with Gasteiger partial charge in [0.1, 0.15) is 22.9 Å². The third-order valence-electron chi connectivity index (χ3n) is 4.06. The van der Waals surface area contributed by atoms with Gasteiger partial charge in [-0.3, -0.25) is 9.79 Å². The van der Waals surface area contributed by atoms with Crippen LogP contribution in [0.4, 0.5) is 4.39 Å². The molecule has 0 saturated heterocycles. The van der Waals surface area contributed by atoms with Crippen LogP contribution in [0.2, 0.25) is 0 Å². The fraction of sp³-hybridized carbons (Fsp3) is 0.471. The van der Waals surface area contributed by atoms with Gasteiger partial charge in [0, 0.05) is 6.07 Å². The minimum absolute atomic E-state index is 0.0674. The third-order valence-corrected chi connectivity index (χ3v) is 4.06. The van der Waals surface area contributed by atoms with Gasteiger partial charge >= 0.3 is 5.97 Å². The van der Waals surface area contributed by atoms with Gasteiger partial charge in [-0.05, 0) is 32.8 Å². The van der Waals surface area contributed by atoms with Crippen molar-refractivity contribution in [3.05, 3.63) is 29.1 Å². The number of carboxylic acid groups (broad SMARTS) is 1. The van der Waals surface area contributed by atoms with E-state index in [0.29, 0.717) is 0 Å². The highest BCUT2D eigenvalue weighted by Gasteiger charge is 2.43. The van der Waals surface area contributed by atoms with Crippen molar-refractivity contribution in [2.75, 3.05) is 0 Å². The molecule has 0 aromatic heterocycles. The molecule has 6 nitrogen and oxygen atoms in total. The molecule has 1 heterocycles. The minimum atomic E-state index is -1.33. The lowest BCUT2D eigenvalue weighted by Gasteiger charge is -2.21. The summed E-state index contributed by atoms with van der Waals surface area (Å²) in [6, 6.07) is 2.34. The van der Waals surface area contributed by atoms with Crippen molar-refractivity contribution in [3.8, 4) is 5.75 Å². The number of carboxylic acids is 1. The van der Waals surface area contributed by atoms with Gasteiger partial charge in [-0.15, -0.1) is 0 Å². The number of aliphatic imine (C=N–C) groups is 1. The molecule has 2 rings (SSSR count). The summed E-state index contributed by atoms with van der Waals surface area (Å²) < 4.78 is 20.0. The van der Waals surface area contributed by atoms with Crippen LogP contribution in [0.15, 0.2) is 17.1 Å². The Hall–Kier alpha value is -2.44. The van der Waals surface area contributed by atoms with Gasteiger partial charge in [0.15, 0.2) is 0 Å². The predicted molar refractivity (Wildman–Crippen MR) is 87.0 cm³/mol. The number of rotatable bonds is 5. The number of aromatic carboxylic acids is 1. The van der Waals surface area contributed by atoms with Gasteiger partial charge in [-0.1, -0.05) is 13.8 Å². The zero-order valence-corrected chi connectivity index (χ0v) is 14.3. The molecule has 0 bridgehead atoms. The zero-order valence-electron chi connectivity index (χ0n) is 14.3. The lowest BCUT2D eigenvalue weighted by atomic mass is 9.89. The van der Waals surface area contributed by atoms with E-state index in [9.17, 15) is 19.1 Å². The largest absolute Gasteiger partial charge is 0.491 e. The maximum absolute atomic E-state index is 14.6. The van der Waals surface area contributed by atoms with E-state index in [-0.39, 0.29) is 40.6 Å². The number of nitrogens with zero attached hydrogens (tertiary/aromatic N) is 1. The maximum Gasteiger partial charge on any atom is 0.336 e. The first-order valence-electron chi connectivity index (χ1n) is 7.71. The molecular weight excluding hydrogens is 315 g/mol. The molecule has 1 amide bonds. The molecule has 1 aromatic carbocycles. The summed E-state index contributed by atoms with van der Waals surface area (Å²) in [6.07, 6.45) is -0.232. The monoisotopic (exact) mass is 336 g/mol. The standard InChI is InChI=1S/C17H21FN2O4/c1-8(2)17(5)16(23)19-14(20-17)13-11(15(21)22)6-10(7-12(13)18)24-9(3)4/h6-9H,1-5H3,(H,21,22)(H,19,20,23). The SMILES string of the molecule is CC(C)Oc1cc(F)c(C2=NC(C)(C(C)C)C(=O)N2)c(C(=O)O)c1. The second-order valence-corrected chi connectivity index (χ2v) is 6.52. The summed E-state index contributed by atoms with van der Waals surface area (Å²) in [5, 5.41) is 11.9. The van der Waals surface area contributed by atoms with Crippen LogP contribution >= 0.6 is 0 Å². The van der Waals surface area contributed by atoms with Crippen LogP contribution in [0, 0.1) is 11.7 Å². The van der Waals surface area contributed by atoms with Gasteiger partial charge in [-0.25, -0.2) is 9.18 Å². The maximum atomic E-state index is 14.6. The Morgan fingerprint density at radius 1 is 1.33 bits per heavy atom. The van der Waals surface area contributed by atoms with Crippen molar-refractivity contribution in [1.82, 2.24) is 5.32 Å². The van der Waals surface area contributed by atoms with Gasteiger partial charge in [0.25, 0.3) is 5.91 Å². The Morgan fingerprint density at radius 2 is 1.96 bits per heavy atom. The van der Waals surface area contributed by atoms with Gasteiger partial charge in [0.05, 0.1) is 17.2 Å². The molecule has 0 spiro atoms. The molecule has 7 heteroatoms. The van der Waals surface area contributed by atoms with E-state index in [1.165, 1.54) is 6.07 Å². The second-order valence-electron chi connectivity index (χ2n) is 6.52. The molecule has 1 aliphatic rings. The van der Waals surface area contributed by atoms with E-state index >= 15 is 0 Å². The topological polar surface area (TPSA) is 88.0 Å². The van der Waals surface area contributed by atoms with Crippen LogP contribution in [0.25, 0.3) is 0 Å². The number of ether oxygens (including phenoxy) is 1. The number of benzene rings is 1. The number of hydrogen-bond donors (Lipinski definition) is 2. The number of carbonyl (C=O) groups excluding carboxylic acids is 1. The van der Waals surface area contributed by atoms with Gasteiger partial charge < -0.3 is 15.2 Å². The molecule has 1 aliphatic heterocycles. The summed E-state index contributed by atoms with van der Waals surface area (Å²) in [5.41, 5.74) is -1.61. The van der Waals surface area contributed by atoms with E-state index in [4.69, 9.17) is 4.74 Å². The van der Waals surface area contributed by atoms with Crippen molar-refractivity contribution < 1.29 is 23.8 Å². The Morgan fingerprint density at radius 3 is 2.42 bits per heavy atom. The van der Waals surface area contributed by atoms with Crippen molar-refractivity contribution in [2.24, 2.45) is 10.9 Å². The van der Waals surface area contributed by atoms with Crippen LogP contribution in [0.3, 0.4) is 0 Å². The average molecular weight is 336 g/mol. The number of amides is 1. The summed E-state index contributed by atoms with van der Waals surface area (Å²) in [6.45, 7) is 8.78. The molecule has 0 saturated carbocycles. The minimum Gasteiger partial charge on any atom is -0.491 e. The van der Waals surface area contributed by atoms with E-state index in [1.54, 1.807) is 20.8 Å². The van der Waals surface area contributed by atoms with E-state index in [2.05, 4.69) is 10.3 Å². The Balaban J connectivity index is 2.59. The summed E-state index contributed by atoms with van der Waals surface area (Å²) in [5.74, 6) is -2.60. The van der Waals surface area contributed by atoms with Gasteiger partial charge in [0.2, 0.25) is 0 Å². The molecule has 1 unspecified atom stereocenters. The molecule has 1 aromatic rings. The average Bonchev–Trinajstić information content (AvgIpc) is 2.74. The highest BCUT2D eigenvalue weighted by molar-refractivity contribution is 6.18. The van der Waals surface area contributed by atoms with Crippen molar-refractivity contribution in [3.63, 3.8) is 0 Å². The smallest absolute Gasteiger partial charge is 0.336 e. The first-order valence-corrected chi connectivity index (χ1v) is 7.71. The highest BCUT2D eigenvalue weighted by Crippen LogP contribution is 2.30. The number of nitrogens with one attached hydrogen (secondary N) is 1. The van der Waals surface area contributed by atoms with Crippen molar-refractivity contribution in [1.29, 1.82) is 0 Å². The molecule has 2 N–H and O–H groups in total.